The first kappa shape index (κ1) is 14.7. The Morgan fingerprint density at radius 2 is 1.94 bits per heavy atom. The lowest BCUT2D eigenvalue weighted by atomic mass is 10.1. The molecule has 4 nitrogen and oxygen atoms in total. The van der Waals surface area contributed by atoms with Gasteiger partial charge in [0.2, 0.25) is 5.91 Å². The number of hydrogen-bond donors (Lipinski definition) is 3. The normalized spacial score (nSPS) is 12.5. The van der Waals surface area contributed by atoms with Crippen LogP contribution in [-0.2, 0) is 17.9 Å². The first-order valence-corrected chi connectivity index (χ1v) is 6.25. The molecule has 0 bridgehead atoms. The van der Waals surface area contributed by atoms with E-state index < -0.39 is 0 Å². The van der Waals surface area contributed by atoms with Crippen LogP contribution in [0.3, 0.4) is 0 Å². The molecular formula is C14H22N2O2. The zero-order valence-corrected chi connectivity index (χ0v) is 11.2. The SMILES string of the molecule is CC(C)NC(=O)C(C)NCc1cccc(CO)c1. The Kier molecular flexibility index (Phi) is 5.82. The molecule has 0 aliphatic carbocycles. The molecule has 0 spiro atoms. The summed E-state index contributed by atoms with van der Waals surface area (Å²) in [6.07, 6.45) is 0. The molecule has 1 aromatic carbocycles. The largest absolute Gasteiger partial charge is 0.392 e. The third-order valence-corrected chi connectivity index (χ3v) is 2.61. The van der Waals surface area contributed by atoms with Crippen molar-refractivity contribution in [2.24, 2.45) is 0 Å². The fraction of sp³-hybridized carbons (Fsp3) is 0.500. The van der Waals surface area contributed by atoms with Gasteiger partial charge in [-0.2, -0.15) is 0 Å². The smallest absolute Gasteiger partial charge is 0.237 e. The lowest BCUT2D eigenvalue weighted by Gasteiger charge is -2.16. The molecule has 100 valence electrons. The van der Waals surface area contributed by atoms with E-state index in [-0.39, 0.29) is 24.6 Å². The summed E-state index contributed by atoms with van der Waals surface area (Å²) in [5, 5.41) is 15.1. The summed E-state index contributed by atoms with van der Waals surface area (Å²) in [4.78, 5) is 11.7. The molecule has 0 aromatic heterocycles. The number of aliphatic hydroxyl groups is 1. The number of aliphatic hydroxyl groups excluding tert-OH is 1. The van der Waals surface area contributed by atoms with E-state index in [1.165, 1.54) is 0 Å². The summed E-state index contributed by atoms with van der Waals surface area (Å²) in [6.45, 7) is 6.37. The van der Waals surface area contributed by atoms with Crippen molar-refractivity contribution in [2.45, 2.75) is 46.0 Å². The van der Waals surface area contributed by atoms with Gasteiger partial charge >= 0.3 is 0 Å². The zero-order valence-electron chi connectivity index (χ0n) is 11.2. The molecule has 1 amide bonds. The van der Waals surface area contributed by atoms with Crippen LogP contribution in [0.5, 0.6) is 0 Å². The first-order chi connectivity index (χ1) is 8.52. The zero-order chi connectivity index (χ0) is 13.5. The highest BCUT2D eigenvalue weighted by Crippen LogP contribution is 2.05. The van der Waals surface area contributed by atoms with Gasteiger partial charge in [-0.3, -0.25) is 4.79 Å². The second-order valence-electron chi connectivity index (χ2n) is 4.74. The van der Waals surface area contributed by atoms with Gasteiger partial charge in [-0.25, -0.2) is 0 Å². The second kappa shape index (κ2) is 7.13. The second-order valence-corrected chi connectivity index (χ2v) is 4.74. The van der Waals surface area contributed by atoms with Crippen LogP contribution in [0.1, 0.15) is 31.9 Å². The average molecular weight is 250 g/mol. The summed E-state index contributed by atoms with van der Waals surface area (Å²) in [5.74, 6) is 0.00307. The molecule has 1 rings (SSSR count). The van der Waals surface area contributed by atoms with Crippen LogP contribution in [0.15, 0.2) is 24.3 Å². The predicted molar refractivity (Wildman–Crippen MR) is 71.9 cm³/mol. The topological polar surface area (TPSA) is 61.4 Å². The van der Waals surface area contributed by atoms with E-state index in [9.17, 15) is 4.79 Å². The minimum atomic E-state index is -0.231. The lowest BCUT2D eigenvalue weighted by Crippen LogP contribution is -2.44. The Labute approximate surface area is 108 Å². The van der Waals surface area contributed by atoms with Gasteiger partial charge in [0.15, 0.2) is 0 Å². The highest BCUT2D eigenvalue weighted by Gasteiger charge is 2.12. The molecule has 0 heterocycles. The van der Waals surface area contributed by atoms with Crippen molar-refractivity contribution in [3.05, 3.63) is 35.4 Å². The molecule has 0 aliphatic heterocycles. The van der Waals surface area contributed by atoms with Crippen LogP contribution in [0.4, 0.5) is 0 Å². The van der Waals surface area contributed by atoms with Gasteiger partial charge in [-0.1, -0.05) is 24.3 Å². The maximum Gasteiger partial charge on any atom is 0.237 e. The van der Waals surface area contributed by atoms with E-state index in [4.69, 9.17) is 5.11 Å². The Morgan fingerprint density at radius 3 is 2.56 bits per heavy atom. The fourth-order valence-electron chi connectivity index (χ4n) is 1.61. The highest BCUT2D eigenvalue weighted by atomic mass is 16.3. The van der Waals surface area contributed by atoms with E-state index >= 15 is 0 Å². The maximum absolute atomic E-state index is 11.7. The molecule has 3 N–H and O–H groups in total. The molecule has 0 saturated heterocycles. The third-order valence-electron chi connectivity index (χ3n) is 2.61. The molecule has 1 unspecified atom stereocenters. The fourth-order valence-corrected chi connectivity index (χ4v) is 1.61. The predicted octanol–water partition coefficient (Wildman–Crippen LogP) is 1.18. The van der Waals surface area contributed by atoms with Gasteiger partial charge in [0, 0.05) is 12.6 Å². The van der Waals surface area contributed by atoms with Crippen molar-refractivity contribution in [3.8, 4) is 0 Å². The quantitative estimate of drug-likeness (QED) is 0.710. The third kappa shape index (κ3) is 4.85. The molecule has 0 aliphatic rings. The van der Waals surface area contributed by atoms with E-state index in [1.807, 2.05) is 45.0 Å². The number of rotatable bonds is 6. The van der Waals surface area contributed by atoms with E-state index in [0.717, 1.165) is 11.1 Å². The summed E-state index contributed by atoms with van der Waals surface area (Å²) in [5.41, 5.74) is 1.94. The molecule has 1 atom stereocenters. The van der Waals surface area contributed by atoms with Crippen molar-refractivity contribution in [1.82, 2.24) is 10.6 Å². The number of nitrogens with one attached hydrogen (secondary N) is 2. The molecular weight excluding hydrogens is 228 g/mol. The number of amides is 1. The number of carbonyl (C=O) groups excluding carboxylic acids is 1. The summed E-state index contributed by atoms with van der Waals surface area (Å²) in [7, 11) is 0. The summed E-state index contributed by atoms with van der Waals surface area (Å²) < 4.78 is 0. The average Bonchev–Trinajstić information content (AvgIpc) is 2.35. The van der Waals surface area contributed by atoms with Gasteiger partial charge in [0.25, 0.3) is 0 Å². The Morgan fingerprint density at radius 1 is 1.28 bits per heavy atom. The van der Waals surface area contributed by atoms with Gasteiger partial charge < -0.3 is 15.7 Å². The van der Waals surface area contributed by atoms with Gasteiger partial charge in [0.05, 0.1) is 12.6 Å². The number of hydrogen-bond acceptors (Lipinski definition) is 3. The minimum absolute atomic E-state index is 0.00307. The molecule has 1 aromatic rings. The van der Waals surface area contributed by atoms with Crippen LogP contribution in [0.25, 0.3) is 0 Å². The van der Waals surface area contributed by atoms with Crippen molar-refractivity contribution in [2.75, 3.05) is 0 Å². The highest BCUT2D eigenvalue weighted by molar-refractivity contribution is 5.81. The molecule has 0 saturated carbocycles. The van der Waals surface area contributed by atoms with Crippen molar-refractivity contribution in [3.63, 3.8) is 0 Å². The molecule has 0 fully saturated rings. The van der Waals surface area contributed by atoms with Gasteiger partial charge in [-0.15, -0.1) is 0 Å². The van der Waals surface area contributed by atoms with Crippen LogP contribution in [-0.4, -0.2) is 23.1 Å². The van der Waals surface area contributed by atoms with Gasteiger partial charge in [-0.05, 0) is 31.9 Å². The number of benzene rings is 1. The monoisotopic (exact) mass is 250 g/mol. The van der Waals surface area contributed by atoms with E-state index in [2.05, 4.69) is 10.6 Å². The summed E-state index contributed by atoms with van der Waals surface area (Å²) >= 11 is 0. The summed E-state index contributed by atoms with van der Waals surface area (Å²) in [6, 6.07) is 7.60. The van der Waals surface area contributed by atoms with Gasteiger partial charge in [0.1, 0.15) is 0 Å². The van der Waals surface area contributed by atoms with Crippen LogP contribution in [0.2, 0.25) is 0 Å². The minimum Gasteiger partial charge on any atom is -0.392 e. The lowest BCUT2D eigenvalue weighted by molar-refractivity contribution is -0.123. The maximum atomic E-state index is 11.7. The van der Waals surface area contributed by atoms with Crippen LogP contribution >= 0.6 is 0 Å². The molecule has 0 radical (unpaired) electrons. The van der Waals surface area contributed by atoms with Crippen molar-refractivity contribution < 1.29 is 9.90 Å². The standard InChI is InChI=1S/C14H22N2O2/c1-10(2)16-14(18)11(3)15-8-12-5-4-6-13(7-12)9-17/h4-7,10-11,15,17H,8-9H2,1-3H3,(H,16,18). The van der Waals surface area contributed by atoms with E-state index in [0.29, 0.717) is 6.54 Å². The van der Waals surface area contributed by atoms with Crippen molar-refractivity contribution in [1.29, 1.82) is 0 Å². The Hall–Kier alpha value is -1.39. The van der Waals surface area contributed by atoms with Crippen molar-refractivity contribution >= 4 is 5.91 Å². The number of carbonyl (C=O) groups is 1. The molecule has 18 heavy (non-hydrogen) atoms. The Bertz CT molecular complexity index is 391. The van der Waals surface area contributed by atoms with Crippen LogP contribution in [0, 0.1) is 0 Å². The molecule has 4 heteroatoms. The van der Waals surface area contributed by atoms with Crippen LogP contribution < -0.4 is 10.6 Å². The van der Waals surface area contributed by atoms with E-state index in [1.54, 1.807) is 0 Å². The first-order valence-electron chi connectivity index (χ1n) is 6.25. The Balaban J connectivity index is 2.46.